The zero-order valence-corrected chi connectivity index (χ0v) is 8.39. The molecular formula is C9H10N4O2. The molecule has 0 radical (unpaired) electrons. The molecule has 0 aliphatic heterocycles. The zero-order chi connectivity index (χ0) is 11.0. The smallest absolute Gasteiger partial charge is 0.272 e. The first-order chi connectivity index (χ1) is 7.15. The van der Waals surface area contributed by atoms with Crippen molar-refractivity contribution < 1.29 is 4.79 Å². The fourth-order valence-electron chi connectivity index (χ4n) is 1.48. The SMILES string of the molecule is CNC(=O)c1cc2nccc(=O)n2n1C. The third-order valence-electron chi connectivity index (χ3n) is 2.22. The Labute approximate surface area is 85.1 Å². The van der Waals surface area contributed by atoms with E-state index in [0.717, 1.165) is 0 Å². The predicted octanol–water partition coefficient (Wildman–Crippen LogP) is -0.607. The average molecular weight is 206 g/mol. The zero-order valence-electron chi connectivity index (χ0n) is 8.39. The molecule has 2 aromatic rings. The minimum absolute atomic E-state index is 0.211. The van der Waals surface area contributed by atoms with Crippen LogP contribution in [0.15, 0.2) is 23.1 Å². The van der Waals surface area contributed by atoms with Gasteiger partial charge in [-0.25, -0.2) is 4.98 Å². The molecule has 0 aromatic carbocycles. The molecule has 0 bridgehead atoms. The molecule has 2 rings (SSSR count). The molecule has 2 heterocycles. The van der Waals surface area contributed by atoms with Crippen LogP contribution < -0.4 is 10.9 Å². The Morgan fingerprint density at radius 3 is 2.87 bits per heavy atom. The molecule has 2 aromatic heterocycles. The first kappa shape index (κ1) is 9.45. The molecule has 0 saturated carbocycles. The van der Waals surface area contributed by atoms with Crippen molar-refractivity contribution in [1.82, 2.24) is 19.5 Å². The molecule has 1 N–H and O–H groups in total. The van der Waals surface area contributed by atoms with Gasteiger partial charge in [0.05, 0.1) is 0 Å². The maximum atomic E-state index is 11.5. The second kappa shape index (κ2) is 3.23. The lowest BCUT2D eigenvalue weighted by atomic mass is 10.4. The number of nitrogens with zero attached hydrogens (tertiary/aromatic N) is 3. The van der Waals surface area contributed by atoms with E-state index in [2.05, 4.69) is 10.3 Å². The normalized spacial score (nSPS) is 10.5. The van der Waals surface area contributed by atoms with E-state index < -0.39 is 0 Å². The molecule has 6 nitrogen and oxygen atoms in total. The number of hydrogen-bond acceptors (Lipinski definition) is 3. The van der Waals surface area contributed by atoms with Crippen LogP contribution >= 0.6 is 0 Å². The second-order valence-electron chi connectivity index (χ2n) is 3.09. The summed E-state index contributed by atoms with van der Waals surface area (Å²) in [5.41, 5.74) is 0.648. The van der Waals surface area contributed by atoms with Gasteiger partial charge in [0, 0.05) is 32.4 Å². The highest BCUT2D eigenvalue weighted by Crippen LogP contribution is 2.03. The molecule has 1 amide bonds. The van der Waals surface area contributed by atoms with Crippen molar-refractivity contribution in [3.63, 3.8) is 0 Å². The number of aromatic nitrogens is 3. The molecule has 6 heteroatoms. The molecule has 0 saturated heterocycles. The maximum Gasteiger partial charge on any atom is 0.272 e. The summed E-state index contributed by atoms with van der Waals surface area (Å²) in [5.74, 6) is -0.248. The summed E-state index contributed by atoms with van der Waals surface area (Å²) in [6.07, 6.45) is 1.42. The lowest BCUT2D eigenvalue weighted by molar-refractivity contribution is 0.0953. The number of fused-ring (bicyclic) bond motifs is 1. The van der Waals surface area contributed by atoms with Crippen LogP contribution in [0, 0.1) is 0 Å². The van der Waals surface area contributed by atoms with Gasteiger partial charge in [-0.3, -0.25) is 14.3 Å². The quantitative estimate of drug-likeness (QED) is 0.677. The fraction of sp³-hybridized carbons (Fsp3) is 0.222. The minimum atomic E-state index is -0.248. The Morgan fingerprint density at radius 2 is 2.27 bits per heavy atom. The van der Waals surface area contributed by atoms with Crippen molar-refractivity contribution in [3.05, 3.63) is 34.4 Å². The largest absolute Gasteiger partial charge is 0.354 e. The molecule has 78 valence electrons. The highest BCUT2D eigenvalue weighted by molar-refractivity contribution is 5.93. The van der Waals surface area contributed by atoms with Gasteiger partial charge in [0.2, 0.25) is 0 Å². The fourth-order valence-corrected chi connectivity index (χ4v) is 1.48. The number of hydrogen-bond donors (Lipinski definition) is 1. The summed E-state index contributed by atoms with van der Waals surface area (Å²) in [5, 5.41) is 2.50. The lowest BCUT2D eigenvalue weighted by Gasteiger charge is -2.01. The van der Waals surface area contributed by atoms with Crippen molar-refractivity contribution in [2.45, 2.75) is 0 Å². The van der Waals surface area contributed by atoms with E-state index in [9.17, 15) is 9.59 Å². The first-order valence-electron chi connectivity index (χ1n) is 4.41. The van der Waals surface area contributed by atoms with Crippen LogP contribution in [0.25, 0.3) is 5.65 Å². The Morgan fingerprint density at radius 1 is 1.53 bits per heavy atom. The van der Waals surface area contributed by atoms with Gasteiger partial charge in [0.1, 0.15) is 5.69 Å². The van der Waals surface area contributed by atoms with Gasteiger partial charge >= 0.3 is 0 Å². The van der Waals surface area contributed by atoms with Gasteiger partial charge in [0.15, 0.2) is 5.65 Å². The van der Waals surface area contributed by atoms with Crippen molar-refractivity contribution in [2.24, 2.45) is 7.05 Å². The number of amides is 1. The number of carbonyl (C=O) groups is 1. The summed E-state index contributed by atoms with van der Waals surface area (Å²) in [7, 11) is 3.18. The van der Waals surface area contributed by atoms with Crippen LogP contribution in [0.3, 0.4) is 0 Å². The summed E-state index contributed by atoms with van der Waals surface area (Å²) >= 11 is 0. The van der Waals surface area contributed by atoms with Crippen molar-refractivity contribution >= 4 is 11.6 Å². The van der Waals surface area contributed by atoms with E-state index in [1.807, 2.05) is 0 Å². The summed E-state index contributed by atoms with van der Waals surface area (Å²) in [4.78, 5) is 26.9. The Balaban J connectivity index is 2.81. The predicted molar refractivity (Wildman–Crippen MR) is 53.8 cm³/mol. The number of nitrogens with one attached hydrogen (secondary N) is 1. The third kappa shape index (κ3) is 1.30. The highest BCUT2D eigenvalue weighted by Gasteiger charge is 2.12. The summed E-state index contributed by atoms with van der Waals surface area (Å²) < 4.78 is 2.81. The van der Waals surface area contributed by atoms with Gasteiger partial charge < -0.3 is 5.32 Å². The number of carbonyl (C=O) groups excluding carboxylic acids is 1. The summed E-state index contributed by atoms with van der Waals surface area (Å²) in [6, 6.07) is 2.92. The van der Waals surface area contributed by atoms with Gasteiger partial charge in [-0.15, -0.1) is 0 Å². The monoisotopic (exact) mass is 206 g/mol. The molecular weight excluding hydrogens is 196 g/mol. The first-order valence-corrected chi connectivity index (χ1v) is 4.41. The number of aryl methyl sites for hydroxylation is 1. The van der Waals surface area contributed by atoms with Crippen LogP contribution in [0.2, 0.25) is 0 Å². The van der Waals surface area contributed by atoms with E-state index in [1.165, 1.54) is 28.5 Å². The highest BCUT2D eigenvalue weighted by atomic mass is 16.2. The van der Waals surface area contributed by atoms with Gasteiger partial charge in [-0.1, -0.05) is 0 Å². The standard InChI is InChI=1S/C9H10N4O2/c1-10-9(15)6-5-7-11-4-3-8(14)13(7)12(6)2/h3-5H,1-2H3,(H,10,15). The van der Waals surface area contributed by atoms with E-state index >= 15 is 0 Å². The van der Waals surface area contributed by atoms with Gasteiger partial charge in [0.25, 0.3) is 11.5 Å². The maximum absolute atomic E-state index is 11.5. The van der Waals surface area contributed by atoms with E-state index in [4.69, 9.17) is 0 Å². The average Bonchev–Trinajstić information content (AvgIpc) is 2.56. The lowest BCUT2D eigenvalue weighted by Crippen LogP contribution is -2.24. The van der Waals surface area contributed by atoms with E-state index in [1.54, 1.807) is 13.1 Å². The van der Waals surface area contributed by atoms with Crippen molar-refractivity contribution in [1.29, 1.82) is 0 Å². The van der Waals surface area contributed by atoms with Crippen molar-refractivity contribution in [2.75, 3.05) is 7.05 Å². The molecule has 0 spiro atoms. The van der Waals surface area contributed by atoms with E-state index in [0.29, 0.717) is 11.3 Å². The number of rotatable bonds is 1. The molecule has 0 fully saturated rings. The van der Waals surface area contributed by atoms with Crippen LogP contribution in [0.4, 0.5) is 0 Å². The third-order valence-corrected chi connectivity index (χ3v) is 2.22. The molecule has 0 aliphatic rings. The molecule has 0 atom stereocenters. The summed E-state index contributed by atoms with van der Waals surface area (Å²) in [6.45, 7) is 0. The topological polar surface area (TPSA) is 68.4 Å². The Kier molecular flexibility index (Phi) is 2.03. The van der Waals surface area contributed by atoms with Crippen LogP contribution in [-0.4, -0.2) is 27.1 Å². The van der Waals surface area contributed by atoms with Crippen molar-refractivity contribution in [3.8, 4) is 0 Å². The minimum Gasteiger partial charge on any atom is -0.354 e. The van der Waals surface area contributed by atoms with Gasteiger partial charge in [-0.05, 0) is 0 Å². The van der Waals surface area contributed by atoms with E-state index in [-0.39, 0.29) is 11.5 Å². The van der Waals surface area contributed by atoms with Gasteiger partial charge in [-0.2, -0.15) is 4.52 Å². The molecule has 15 heavy (non-hydrogen) atoms. The molecule has 0 aliphatic carbocycles. The van der Waals surface area contributed by atoms with Crippen LogP contribution in [0.1, 0.15) is 10.5 Å². The van der Waals surface area contributed by atoms with Crippen LogP contribution in [0.5, 0.6) is 0 Å². The van der Waals surface area contributed by atoms with Crippen LogP contribution in [-0.2, 0) is 7.05 Å². The Hall–Kier alpha value is -2.11. The Bertz CT molecular complexity index is 581. The second-order valence-corrected chi connectivity index (χ2v) is 3.09. The molecule has 0 unspecified atom stereocenters.